The smallest absolute Gasteiger partial charge is 0.329 e. The van der Waals surface area contributed by atoms with E-state index in [2.05, 4.69) is 21.2 Å². The minimum atomic E-state index is -0.409. The summed E-state index contributed by atoms with van der Waals surface area (Å²) in [7, 11) is 0. The molecule has 0 unspecified atom stereocenters. The van der Waals surface area contributed by atoms with Crippen molar-refractivity contribution in [2.24, 2.45) is 0 Å². The van der Waals surface area contributed by atoms with Gasteiger partial charge in [0.25, 0.3) is 0 Å². The highest BCUT2D eigenvalue weighted by atomic mass is 79.9. The Morgan fingerprint density at radius 1 is 1.64 bits per heavy atom. The molecule has 1 rings (SSSR count). The first-order valence-corrected chi connectivity index (χ1v) is 4.28. The van der Waals surface area contributed by atoms with Crippen molar-refractivity contribution in [1.29, 1.82) is 0 Å². The van der Waals surface area contributed by atoms with Crippen LogP contribution in [0.1, 0.15) is 19.3 Å². The van der Waals surface area contributed by atoms with Gasteiger partial charge in [0.15, 0.2) is 0 Å². The first-order valence-electron chi connectivity index (χ1n) is 3.48. The summed E-state index contributed by atoms with van der Waals surface area (Å²) in [5.74, 6) is 0. The molecule has 0 amide bonds. The van der Waals surface area contributed by atoms with Crippen LogP contribution in [0.2, 0.25) is 0 Å². The summed E-state index contributed by atoms with van der Waals surface area (Å²) in [4.78, 5) is 9.85. The molecule has 1 heterocycles. The Kier molecular flexibility index (Phi) is 2.87. The van der Waals surface area contributed by atoms with Gasteiger partial charge in [-0.3, -0.25) is 10.1 Å². The number of nitrogens with one attached hydrogen (secondary N) is 1. The van der Waals surface area contributed by atoms with Crippen molar-refractivity contribution in [3.05, 3.63) is 20.4 Å². The molecule has 0 aromatic carbocycles. The third kappa shape index (κ3) is 2.18. The van der Waals surface area contributed by atoms with E-state index in [1.165, 1.54) is 0 Å². The van der Waals surface area contributed by atoms with Gasteiger partial charge < -0.3 is 5.32 Å². The Balaban J connectivity index is 2.68. The second-order valence-corrected chi connectivity index (χ2v) is 3.16. The van der Waals surface area contributed by atoms with Crippen molar-refractivity contribution in [2.75, 3.05) is 6.54 Å². The lowest BCUT2D eigenvalue weighted by Crippen LogP contribution is -2.22. The lowest BCUT2D eigenvalue weighted by molar-refractivity contribution is -0.410. The first-order chi connectivity index (χ1) is 5.22. The van der Waals surface area contributed by atoms with E-state index in [1.807, 2.05) is 0 Å². The highest BCUT2D eigenvalue weighted by Crippen LogP contribution is 2.18. The molecule has 1 fully saturated rings. The highest BCUT2D eigenvalue weighted by molar-refractivity contribution is 9.11. The molecule has 1 N–H and O–H groups in total. The topological polar surface area (TPSA) is 55.2 Å². The highest BCUT2D eigenvalue weighted by Gasteiger charge is 2.16. The van der Waals surface area contributed by atoms with E-state index in [1.54, 1.807) is 0 Å². The summed E-state index contributed by atoms with van der Waals surface area (Å²) in [6, 6.07) is 0. The fraction of sp³-hybridized carbons (Fsp3) is 0.667. The van der Waals surface area contributed by atoms with Gasteiger partial charge in [-0.25, -0.2) is 0 Å². The molecule has 0 aromatic heterocycles. The number of rotatable bonds is 1. The Morgan fingerprint density at radius 3 is 2.82 bits per heavy atom. The molecule has 0 atom stereocenters. The number of hydrogen-bond donors (Lipinski definition) is 1. The zero-order chi connectivity index (χ0) is 8.27. The van der Waals surface area contributed by atoms with Crippen LogP contribution in [0.4, 0.5) is 0 Å². The van der Waals surface area contributed by atoms with E-state index in [0.717, 1.165) is 31.5 Å². The van der Waals surface area contributed by atoms with Crippen molar-refractivity contribution in [3.63, 3.8) is 0 Å². The Hall–Kier alpha value is -0.580. The van der Waals surface area contributed by atoms with Crippen molar-refractivity contribution in [2.45, 2.75) is 19.3 Å². The van der Waals surface area contributed by atoms with Crippen LogP contribution in [0, 0.1) is 10.1 Å². The van der Waals surface area contributed by atoms with Crippen molar-refractivity contribution < 1.29 is 4.92 Å². The normalized spacial score (nSPS) is 22.3. The number of nitrogens with zero attached hydrogens (tertiary/aromatic N) is 1. The maximum Gasteiger partial charge on any atom is 0.329 e. The minimum Gasteiger partial charge on any atom is -0.382 e. The molecule has 1 saturated heterocycles. The van der Waals surface area contributed by atoms with Crippen LogP contribution in [0.3, 0.4) is 0 Å². The molecule has 0 spiro atoms. The molecule has 0 bridgehead atoms. The second-order valence-electron chi connectivity index (χ2n) is 2.41. The number of allylic oxidation sites excluding steroid dienone is 1. The van der Waals surface area contributed by atoms with E-state index >= 15 is 0 Å². The number of nitro groups is 1. The second kappa shape index (κ2) is 3.71. The molecule has 0 aliphatic carbocycles. The predicted octanol–water partition coefficient (Wildman–Crippen LogP) is 1.60. The molecule has 5 heteroatoms. The van der Waals surface area contributed by atoms with Gasteiger partial charge in [-0.2, -0.15) is 0 Å². The monoisotopic (exact) mass is 220 g/mol. The average Bonchev–Trinajstić information content (AvgIpc) is 2.05. The maximum atomic E-state index is 10.3. The van der Waals surface area contributed by atoms with Gasteiger partial charge in [-0.15, -0.1) is 0 Å². The quantitative estimate of drug-likeness (QED) is 0.415. The van der Waals surface area contributed by atoms with Gasteiger partial charge in [-0.1, -0.05) is 0 Å². The molecular weight excluding hydrogens is 212 g/mol. The number of hydrogen-bond acceptors (Lipinski definition) is 3. The molecule has 62 valence electrons. The van der Waals surface area contributed by atoms with Gasteiger partial charge in [0.2, 0.25) is 0 Å². The Bertz CT molecular complexity index is 195. The lowest BCUT2D eigenvalue weighted by Gasteiger charge is -2.14. The lowest BCUT2D eigenvalue weighted by atomic mass is 10.1. The summed E-state index contributed by atoms with van der Waals surface area (Å²) < 4.78 is 0.0807. The van der Waals surface area contributed by atoms with E-state index < -0.39 is 4.92 Å². The van der Waals surface area contributed by atoms with Crippen LogP contribution in [-0.2, 0) is 0 Å². The van der Waals surface area contributed by atoms with Gasteiger partial charge in [0.05, 0.1) is 10.6 Å². The molecule has 4 nitrogen and oxygen atoms in total. The summed E-state index contributed by atoms with van der Waals surface area (Å²) in [6.07, 6.45) is 2.91. The Labute approximate surface area is 72.9 Å². The minimum absolute atomic E-state index is 0.0807. The fourth-order valence-electron chi connectivity index (χ4n) is 1.04. The van der Waals surface area contributed by atoms with Crippen LogP contribution in [-0.4, -0.2) is 11.5 Å². The molecule has 0 radical (unpaired) electrons. The molecule has 1 aliphatic rings. The van der Waals surface area contributed by atoms with Gasteiger partial charge >= 0.3 is 4.61 Å². The SMILES string of the molecule is O=[N+]([O-])C(Br)=C1CCCCN1. The van der Waals surface area contributed by atoms with Crippen LogP contribution < -0.4 is 5.32 Å². The molecular formula is C6H9BrN2O2. The van der Waals surface area contributed by atoms with Crippen molar-refractivity contribution in [3.8, 4) is 0 Å². The number of piperidine rings is 1. The van der Waals surface area contributed by atoms with E-state index in [9.17, 15) is 10.1 Å². The zero-order valence-electron chi connectivity index (χ0n) is 5.97. The predicted molar refractivity (Wildman–Crippen MR) is 44.8 cm³/mol. The van der Waals surface area contributed by atoms with E-state index in [0.29, 0.717) is 0 Å². The summed E-state index contributed by atoms with van der Waals surface area (Å²) in [5.41, 5.74) is 0.723. The zero-order valence-corrected chi connectivity index (χ0v) is 7.56. The van der Waals surface area contributed by atoms with Crippen LogP contribution in [0.15, 0.2) is 10.3 Å². The van der Waals surface area contributed by atoms with Crippen LogP contribution >= 0.6 is 15.9 Å². The number of halogens is 1. The summed E-state index contributed by atoms with van der Waals surface area (Å²) in [6.45, 7) is 0.846. The van der Waals surface area contributed by atoms with Crippen molar-refractivity contribution in [1.82, 2.24) is 5.32 Å². The van der Waals surface area contributed by atoms with Crippen LogP contribution in [0.5, 0.6) is 0 Å². The van der Waals surface area contributed by atoms with Gasteiger partial charge in [0, 0.05) is 22.5 Å². The fourth-order valence-corrected chi connectivity index (χ4v) is 1.38. The largest absolute Gasteiger partial charge is 0.382 e. The summed E-state index contributed by atoms with van der Waals surface area (Å²) >= 11 is 2.92. The summed E-state index contributed by atoms with van der Waals surface area (Å²) in [5, 5.41) is 13.3. The third-order valence-electron chi connectivity index (χ3n) is 1.60. The standard InChI is InChI=1S/C6H9BrN2O2/c7-6(9(10)11)5-3-1-2-4-8-5/h8H,1-4H2. The van der Waals surface area contributed by atoms with E-state index in [4.69, 9.17) is 0 Å². The molecule has 0 aromatic rings. The molecule has 11 heavy (non-hydrogen) atoms. The molecule has 0 saturated carbocycles. The van der Waals surface area contributed by atoms with Crippen molar-refractivity contribution >= 4 is 15.9 Å². The Morgan fingerprint density at radius 2 is 2.36 bits per heavy atom. The van der Waals surface area contributed by atoms with E-state index in [-0.39, 0.29) is 4.61 Å². The maximum absolute atomic E-state index is 10.3. The van der Waals surface area contributed by atoms with Gasteiger partial charge in [0.1, 0.15) is 0 Å². The van der Waals surface area contributed by atoms with Crippen LogP contribution in [0.25, 0.3) is 0 Å². The first kappa shape index (κ1) is 8.52. The third-order valence-corrected chi connectivity index (χ3v) is 2.37. The van der Waals surface area contributed by atoms with Gasteiger partial charge in [-0.05, 0) is 19.3 Å². The molecule has 1 aliphatic heterocycles. The average molecular weight is 221 g/mol.